The normalized spacial score (nSPS) is 10.7. The highest BCUT2D eigenvalue weighted by molar-refractivity contribution is 6.30. The molecule has 0 bridgehead atoms. The molecule has 0 radical (unpaired) electrons. The highest BCUT2D eigenvalue weighted by atomic mass is 35.5. The fourth-order valence-corrected chi connectivity index (χ4v) is 2.47. The zero-order valence-electron chi connectivity index (χ0n) is 11.4. The van der Waals surface area contributed by atoms with E-state index in [1.54, 1.807) is 24.3 Å². The van der Waals surface area contributed by atoms with E-state index in [2.05, 4.69) is 16.4 Å². The molecule has 0 aliphatic heterocycles. The molecule has 106 valence electrons. The van der Waals surface area contributed by atoms with E-state index in [1.165, 1.54) is 5.39 Å². The number of aromatic amines is 1. The van der Waals surface area contributed by atoms with Crippen LogP contribution in [0.2, 0.25) is 5.02 Å². The van der Waals surface area contributed by atoms with Gasteiger partial charge in [0.2, 0.25) is 5.91 Å². The monoisotopic (exact) mass is 298 g/mol. The molecular weight excluding hydrogens is 284 g/mol. The second kappa shape index (κ2) is 6.02. The molecule has 2 N–H and O–H groups in total. The van der Waals surface area contributed by atoms with Crippen LogP contribution in [0.5, 0.6) is 0 Å². The summed E-state index contributed by atoms with van der Waals surface area (Å²) in [6.07, 6.45) is 3.13. The van der Waals surface area contributed by atoms with Gasteiger partial charge in [-0.05, 0) is 42.3 Å². The number of hydrogen-bond donors (Lipinski definition) is 2. The molecule has 0 aliphatic rings. The number of carbonyl (C=O) groups is 1. The Morgan fingerprint density at radius 1 is 1.10 bits per heavy atom. The van der Waals surface area contributed by atoms with Crippen molar-refractivity contribution < 1.29 is 4.79 Å². The van der Waals surface area contributed by atoms with Crippen LogP contribution in [0, 0.1) is 0 Å². The quantitative estimate of drug-likeness (QED) is 0.737. The van der Waals surface area contributed by atoms with Crippen molar-refractivity contribution >= 4 is 34.1 Å². The van der Waals surface area contributed by atoms with Crippen LogP contribution >= 0.6 is 11.6 Å². The molecule has 1 aromatic heterocycles. The molecule has 1 amide bonds. The van der Waals surface area contributed by atoms with E-state index >= 15 is 0 Å². The summed E-state index contributed by atoms with van der Waals surface area (Å²) in [6, 6.07) is 15.2. The maximum Gasteiger partial charge on any atom is 0.224 e. The number of carbonyl (C=O) groups excluding carboxylic acids is 1. The van der Waals surface area contributed by atoms with Crippen LogP contribution in [0.25, 0.3) is 10.9 Å². The van der Waals surface area contributed by atoms with E-state index in [4.69, 9.17) is 11.6 Å². The Kier molecular flexibility index (Phi) is 3.93. The molecular formula is C17H15ClN2O. The van der Waals surface area contributed by atoms with Crippen molar-refractivity contribution in [3.8, 4) is 0 Å². The molecule has 0 saturated carbocycles. The fraction of sp³-hybridized carbons (Fsp3) is 0.118. The number of aryl methyl sites for hydroxylation is 1. The zero-order chi connectivity index (χ0) is 14.7. The molecule has 0 spiro atoms. The van der Waals surface area contributed by atoms with Gasteiger partial charge in [0.05, 0.1) is 0 Å². The topological polar surface area (TPSA) is 44.9 Å². The molecule has 0 unspecified atom stereocenters. The average Bonchev–Trinajstić information content (AvgIpc) is 2.91. The van der Waals surface area contributed by atoms with Crippen molar-refractivity contribution in [1.29, 1.82) is 0 Å². The number of rotatable bonds is 4. The second-order valence-corrected chi connectivity index (χ2v) is 5.35. The smallest absolute Gasteiger partial charge is 0.224 e. The maximum atomic E-state index is 12.0. The number of nitrogens with one attached hydrogen (secondary N) is 2. The van der Waals surface area contributed by atoms with E-state index < -0.39 is 0 Å². The van der Waals surface area contributed by atoms with Crippen LogP contribution in [0.4, 0.5) is 5.69 Å². The summed E-state index contributed by atoms with van der Waals surface area (Å²) in [6.45, 7) is 0. The first-order valence-corrected chi connectivity index (χ1v) is 7.20. The largest absolute Gasteiger partial charge is 0.361 e. The van der Waals surface area contributed by atoms with Crippen molar-refractivity contribution in [2.24, 2.45) is 0 Å². The Hall–Kier alpha value is -2.26. The van der Waals surface area contributed by atoms with Crippen molar-refractivity contribution in [2.45, 2.75) is 12.8 Å². The number of benzene rings is 2. The maximum absolute atomic E-state index is 12.0. The Bertz CT molecular complexity index is 762. The second-order valence-electron chi connectivity index (χ2n) is 4.91. The van der Waals surface area contributed by atoms with Crippen LogP contribution in [-0.4, -0.2) is 10.9 Å². The Morgan fingerprint density at radius 3 is 2.67 bits per heavy atom. The number of halogens is 1. The minimum absolute atomic E-state index is 0.00241. The van der Waals surface area contributed by atoms with Gasteiger partial charge in [0, 0.05) is 34.2 Å². The third kappa shape index (κ3) is 3.26. The molecule has 0 fully saturated rings. The zero-order valence-corrected chi connectivity index (χ0v) is 12.2. The molecule has 21 heavy (non-hydrogen) atoms. The van der Waals surface area contributed by atoms with Gasteiger partial charge >= 0.3 is 0 Å². The van der Waals surface area contributed by atoms with E-state index in [0.717, 1.165) is 16.8 Å². The van der Waals surface area contributed by atoms with Gasteiger partial charge in [-0.15, -0.1) is 0 Å². The molecule has 2 aromatic carbocycles. The molecule has 0 saturated heterocycles. The third-order valence-electron chi connectivity index (χ3n) is 3.42. The van der Waals surface area contributed by atoms with Crippen molar-refractivity contribution in [2.75, 3.05) is 5.32 Å². The van der Waals surface area contributed by atoms with Gasteiger partial charge in [-0.3, -0.25) is 4.79 Å². The molecule has 3 aromatic rings. The summed E-state index contributed by atoms with van der Waals surface area (Å²) >= 11 is 5.82. The van der Waals surface area contributed by atoms with Crippen LogP contribution in [-0.2, 0) is 11.2 Å². The van der Waals surface area contributed by atoms with Crippen molar-refractivity contribution in [3.63, 3.8) is 0 Å². The first-order valence-electron chi connectivity index (χ1n) is 6.83. The summed E-state index contributed by atoms with van der Waals surface area (Å²) < 4.78 is 0. The van der Waals surface area contributed by atoms with E-state index in [1.807, 2.05) is 24.4 Å². The van der Waals surface area contributed by atoms with Gasteiger partial charge in [-0.25, -0.2) is 0 Å². The van der Waals surface area contributed by atoms with E-state index in [9.17, 15) is 4.79 Å². The molecule has 3 nitrogen and oxygen atoms in total. The number of para-hydroxylation sites is 1. The molecule has 4 heteroatoms. The first-order chi connectivity index (χ1) is 10.2. The summed E-state index contributed by atoms with van der Waals surface area (Å²) in [5.41, 5.74) is 3.03. The lowest BCUT2D eigenvalue weighted by Crippen LogP contribution is -2.12. The minimum atomic E-state index is 0.00241. The minimum Gasteiger partial charge on any atom is -0.361 e. The standard InChI is InChI=1S/C17H15ClN2O/c18-13-6-8-14(9-7-13)20-17(21)10-5-12-11-19-16-4-2-1-3-15(12)16/h1-4,6-9,11,19H,5,10H2,(H,20,21). The van der Waals surface area contributed by atoms with Gasteiger partial charge in [0.25, 0.3) is 0 Å². The van der Waals surface area contributed by atoms with Crippen LogP contribution in [0.3, 0.4) is 0 Å². The highest BCUT2D eigenvalue weighted by Gasteiger charge is 2.07. The number of amides is 1. The predicted molar refractivity (Wildman–Crippen MR) is 86.7 cm³/mol. The average molecular weight is 299 g/mol. The summed E-state index contributed by atoms with van der Waals surface area (Å²) in [5, 5.41) is 4.71. The third-order valence-corrected chi connectivity index (χ3v) is 3.68. The summed E-state index contributed by atoms with van der Waals surface area (Å²) in [5.74, 6) is 0.00241. The van der Waals surface area contributed by atoms with Gasteiger partial charge in [0.1, 0.15) is 0 Å². The molecule has 1 heterocycles. The Morgan fingerprint density at radius 2 is 1.86 bits per heavy atom. The van der Waals surface area contributed by atoms with Gasteiger partial charge < -0.3 is 10.3 Å². The number of hydrogen-bond acceptors (Lipinski definition) is 1. The van der Waals surface area contributed by atoms with E-state index in [-0.39, 0.29) is 5.91 Å². The van der Waals surface area contributed by atoms with Crippen LogP contribution in [0.15, 0.2) is 54.7 Å². The Balaban J connectivity index is 1.62. The SMILES string of the molecule is O=C(CCc1c[nH]c2ccccc12)Nc1ccc(Cl)cc1. The first kappa shape index (κ1) is 13.7. The molecule has 0 atom stereocenters. The number of H-pyrrole nitrogens is 1. The van der Waals surface area contributed by atoms with Crippen molar-refractivity contribution in [1.82, 2.24) is 4.98 Å². The van der Waals surface area contributed by atoms with Gasteiger partial charge in [-0.2, -0.15) is 0 Å². The number of anilines is 1. The lowest BCUT2D eigenvalue weighted by Gasteiger charge is -2.05. The lowest BCUT2D eigenvalue weighted by atomic mass is 10.1. The van der Waals surface area contributed by atoms with Crippen molar-refractivity contribution in [3.05, 3.63) is 65.3 Å². The summed E-state index contributed by atoms with van der Waals surface area (Å²) in [4.78, 5) is 15.2. The fourth-order valence-electron chi connectivity index (χ4n) is 2.34. The lowest BCUT2D eigenvalue weighted by molar-refractivity contribution is -0.116. The van der Waals surface area contributed by atoms with Gasteiger partial charge in [0.15, 0.2) is 0 Å². The Labute approximate surface area is 127 Å². The molecule has 0 aliphatic carbocycles. The number of fused-ring (bicyclic) bond motifs is 1. The molecule has 3 rings (SSSR count). The summed E-state index contributed by atoms with van der Waals surface area (Å²) in [7, 11) is 0. The highest BCUT2D eigenvalue weighted by Crippen LogP contribution is 2.19. The van der Waals surface area contributed by atoms with Crippen LogP contribution < -0.4 is 5.32 Å². The predicted octanol–water partition coefficient (Wildman–Crippen LogP) is 4.39. The van der Waals surface area contributed by atoms with E-state index in [0.29, 0.717) is 17.9 Å². The van der Waals surface area contributed by atoms with Crippen LogP contribution in [0.1, 0.15) is 12.0 Å². The number of aromatic nitrogens is 1. The van der Waals surface area contributed by atoms with Gasteiger partial charge in [-0.1, -0.05) is 29.8 Å².